The van der Waals surface area contributed by atoms with Gasteiger partial charge in [0.1, 0.15) is 6.54 Å². The molecule has 0 amide bonds. The fourth-order valence-corrected chi connectivity index (χ4v) is 5.39. The highest BCUT2D eigenvalue weighted by Crippen LogP contribution is 2.45. The number of rotatable bonds is 7. The van der Waals surface area contributed by atoms with Crippen LogP contribution in [0.25, 0.3) is 22.0 Å². The van der Waals surface area contributed by atoms with Gasteiger partial charge in [0, 0.05) is 17.4 Å². The zero-order valence-corrected chi connectivity index (χ0v) is 19.9. The standard InChI is InChI=1S/C27H30NO4.ClH/c1-2-3-4-5-6-7-12-28-15-22-19(10-11-23-27(22)32-17-29-23)20-9-8-18-13-24-25(31-16-30-24)14-21(18)26(20)28;/h10-11,13-15H,2-9,12,16-17H2,1H3;1H/q+1;/p-1. The van der Waals surface area contributed by atoms with Crippen LogP contribution in [0, 0.1) is 0 Å². The smallest absolute Gasteiger partial charge is 0.231 e. The normalized spacial score (nSPS) is 14.7. The van der Waals surface area contributed by atoms with Gasteiger partial charge in [0.05, 0.1) is 10.9 Å². The highest BCUT2D eigenvalue weighted by molar-refractivity contribution is 5.95. The van der Waals surface area contributed by atoms with Crippen molar-refractivity contribution >= 4 is 10.8 Å². The molecule has 0 saturated carbocycles. The van der Waals surface area contributed by atoms with Crippen molar-refractivity contribution in [3.8, 4) is 34.3 Å². The predicted molar refractivity (Wildman–Crippen MR) is 123 cm³/mol. The molecule has 33 heavy (non-hydrogen) atoms. The second-order valence-corrected chi connectivity index (χ2v) is 9.04. The lowest BCUT2D eigenvalue weighted by atomic mass is 9.85. The van der Waals surface area contributed by atoms with Gasteiger partial charge >= 0.3 is 0 Å². The van der Waals surface area contributed by atoms with Crippen molar-refractivity contribution in [2.75, 3.05) is 13.6 Å². The molecule has 6 heteroatoms. The Hall–Kier alpha value is -2.66. The van der Waals surface area contributed by atoms with Crippen molar-refractivity contribution in [3.05, 3.63) is 41.6 Å². The fraction of sp³-hybridized carbons (Fsp3) is 0.444. The molecule has 3 aromatic rings. The van der Waals surface area contributed by atoms with Crippen LogP contribution in [0.4, 0.5) is 0 Å². The van der Waals surface area contributed by atoms with Gasteiger partial charge in [0.25, 0.3) is 0 Å². The van der Waals surface area contributed by atoms with Crippen LogP contribution in [0.15, 0.2) is 30.5 Å². The number of fused-ring (bicyclic) bond motifs is 8. The molecule has 2 aromatic carbocycles. The highest BCUT2D eigenvalue weighted by Gasteiger charge is 2.32. The molecule has 0 radical (unpaired) electrons. The van der Waals surface area contributed by atoms with E-state index in [0.29, 0.717) is 13.6 Å². The molecular weight excluding hydrogens is 438 g/mol. The summed E-state index contributed by atoms with van der Waals surface area (Å²) >= 11 is 0. The Morgan fingerprint density at radius 3 is 2.42 bits per heavy atom. The number of aryl methyl sites for hydroxylation is 3. The maximum Gasteiger partial charge on any atom is 0.231 e. The molecule has 1 aromatic heterocycles. The minimum atomic E-state index is 0. The van der Waals surface area contributed by atoms with Gasteiger partial charge in [-0.25, -0.2) is 0 Å². The number of hydrogen-bond donors (Lipinski definition) is 0. The van der Waals surface area contributed by atoms with Crippen LogP contribution in [0.3, 0.4) is 0 Å². The third-order valence-corrected chi connectivity index (χ3v) is 7.01. The molecule has 0 saturated heterocycles. The van der Waals surface area contributed by atoms with Crippen LogP contribution in [0.2, 0.25) is 0 Å². The largest absolute Gasteiger partial charge is 1.00 e. The topological polar surface area (TPSA) is 40.8 Å². The summed E-state index contributed by atoms with van der Waals surface area (Å²) in [6.45, 7) is 3.88. The second kappa shape index (κ2) is 9.30. The van der Waals surface area contributed by atoms with Crippen LogP contribution in [-0.4, -0.2) is 13.6 Å². The highest BCUT2D eigenvalue weighted by atomic mass is 35.5. The van der Waals surface area contributed by atoms with Gasteiger partial charge in [-0.3, -0.25) is 0 Å². The van der Waals surface area contributed by atoms with Gasteiger partial charge < -0.3 is 31.4 Å². The van der Waals surface area contributed by atoms with Gasteiger partial charge in [-0.2, -0.15) is 4.57 Å². The predicted octanol–water partition coefficient (Wildman–Crippen LogP) is 2.71. The fourth-order valence-electron chi connectivity index (χ4n) is 5.39. The van der Waals surface area contributed by atoms with Crippen LogP contribution < -0.4 is 35.9 Å². The Kier molecular flexibility index (Phi) is 6.24. The van der Waals surface area contributed by atoms with Crippen LogP contribution >= 0.6 is 0 Å². The van der Waals surface area contributed by atoms with Crippen LogP contribution in [-0.2, 0) is 19.4 Å². The minimum absolute atomic E-state index is 0. The minimum Gasteiger partial charge on any atom is -1.00 e. The molecule has 0 unspecified atom stereocenters. The van der Waals surface area contributed by atoms with Gasteiger partial charge in [-0.15, -0.1) is 0 Å². The van der Waals surface area contributed by atoms with Gasteiger partial charge in [0.2, 0.25) is 19.3 Å². The average Bonchev–Trinajstić information content (AvgIpc) is 3.48. The summed E-state index contributed by atoms with van der Waals surface area (Å²) in [5.74, 6) is 3.47. The Morgan fingerprint density at radius 2 is 1.55 bits per heavy atom. The number of aromatic nitrogens is 1. The van der Waals surface area contributed by atoms with Gasteiger partial charge in [-0.1, -0.05) is 32.6 Å². The lowest BCUT2D eigenvalue weighted by Crippen LogP contribution is -3.00. The number of nitrogens with zero attached hydrogens (tertiary/aromatic N) is 1. The van der Waals surface area contributed by atoms with Crippen molar-refractivity contribution in [1.29, 1.82) is 0 Å². The molecule has 3 heterocycles. The maximum absolute atomic E-state index is 5.89. The molecule has 5 nitrogen and oxygen atoms in total. The first-order valence-corrected chi connectivity index (χ1v) is 12.0. The van der Waals surface area contributed by atoms with E-state index in [1.54, 1.807) is 0 Å². The van der Waals surface area contributed by atoms with Crippen molar-refractivity contribution < 1.29 is 35.9 Å². The maximum atomic E-state index is 5.89. The lowest BCUT2D eigenvalue weighted by molar-refractivity contribution is -0.685. The summed E-state index contributed by atoms with van der Waals surface area (Å²) in [5, 5.41) is 2.43. The first-order chi connectivity index (χ1) is 15.8. The average molecular weight is 468 g/mol. The number of unbranched alkanes of at least 4 members (excludes halogenated alkanes) is 5. The summed E-state index contributed by atoms with van der Waals surface area (Å²) in [6, 6.07) is 8.62. The van der Waals surface area contributed by atoms with E-state index in [0.717, 1.165) is 47.8 Å². The number of benzene rings is 2. The molecule has 1 aliphatic carbocycles. The molecular formula is C27H30ClNO4. The Morgan fingerprint density at radius 1 is 0.788 bits per heavy atom. The molecule has 0 atom stereocenters. The first kappa shape index (κ1) is 22.1. The van der Waals surface area contributed by atoms with Crippen molar-refractivity contribution in [2.45, 2.75) is 64.8 Å². The van der Waals surface area contributed by atoms with E-state index in [1.807, 2.05) is 0 Å². The first-order valence-electron chi connectivity index (χ1n) is 12.0. The number of pyridine rings is 1. The van der Waals surface area contributed by atoms with Crippen LogP contribution in [0.1, 0.15) is 56.6 Å². The van der Waals surface area contributed by atoms with E-state index >= 15 is 0 Å². The van der Waals surface area contributed by atoms with E-state index in [1.165, 1.54) is 66.3 Å². The zero-order chi connectivity index (χ0) is 21.5. The summed E-state index contributed by atoms with van der Waals surface area (Å²) < 4.78 is 25.4. The third kappa shape index (κ3) is 3.86. The summed E-state index contributed by atoms with van der Waals surface area (Å²) in [6.07, 6.45) is 12.0. The van der Waals surface area contributed by atoms with Gasteiger partial charge in [-0.05, 0) is 49.1 Å². The number of ether oxygens (including phenoxy) is 4. The van der Waals surface area contributed by atoms with Crippen molar-refractivity contribution in [3.63, 3.8) is 0 Å². The lowest BCUT2D eigenvalue weighted by Gasteiger charge is -2.21. The van der Waals surface area contributed by atoms with E-state index in [-0.39, 0.29) is 12.4 Å². The van der Waals surface area contributed by atoms with Gasteiger partial charge in [0.15, 0.2) is 29.2 Å². The van der Waals surface area contributed by atoms with Crippen molar-refractivity contribution in [1.82, 2.24) is 0 Å². The second-order valence-electron chi connectivity index (χ2n) is 9.04. The SMILES string of the molecule is CCCCCCCC[n+]1cc2c3c(ccc2c2c1-c1cc4c(cc1CC2)OCO4)OCO3.[Cl-]. The Bertz CT molecular complexity index is 1190. The number of hydrogen-bond acceptors (Lipinski definition) is 4. The number of halogens is 1. The van der Waals surface area contributed by atoms with E-state index < -0.39 is 0 Å². The molecule has 6 rings (SSSR count). The molecule has 0 fully saturated rings. The third-order valence-electron chi connectivity index (χ3n) is 7.01. The summed E-state index contributed by atoms with van der Waals surface area (Å²) in [4.78, 5) is 0. The van der Waals surface area contributed by atoms with E-state index in [9.17, 15) is 0 Å². The van der Waals surface area contributed by atoms with E-state index in [4.69, 9.17) is 18.9 Å². The van der Waals surface area contributed by atoms with Crippen molar-refractivity contribution in [2.24, 2.45) is 0 Å². The molecule has 0 bridgehead atoms. The van der Waals surface area contributed by atoms with Crippen LogP contribution in [0.5, 0.6) is 23.0 Å². The Balaban J connectivity index is 0.00000228. The molecule has 0 N–H and O–H groups in total. The Labute approximate surface area is 201 Å². The molecule has 2 aliphatic heterocycles. The quantitative estimate of drug-likeness (QED) is 0.396. The summed E-state index contributed by atoms with van der Waals surface area (Å²) in [7, 11) is 0. The monoisotopic (exact) mass is 467 g/mol. The van der Waals surface area contributed by atoms with E-state index in [2.05, 4.69) is 42.0 Å². The zero-order valence-electron chi connectivity index (χ0n) is 19.1. The molecule has 3 aliphatic rings. The molecule has 0 spiro atoms. The molecule has 174 valence electrons. The summed E-state index contributed by atoms with van der Waals surface area (Å²) in [5.41, 5.74) is 5.35.